The van der Waals surface area contributed by atoms with Crippen LogP contribution >= 0.6 is 11.8 Å². The highest BCUT2D eigenvalue weighted by molar-refractivity contribution is 7.99. The Balaban J connectivity index is 1.58. The van der Waals surface area contributed by atoms with Crippen LogP contribution in [0.5, 0.6) is 0 Å². The first-order chi connectivity index (χ1) is 13.5. The van der Waals surface area contributed by atoms with Crippen molar-refractivity contribution in [2.75, 3.05) is 5.75 Å². The number of aromatic nitrogens is 5. The molecule has 0 atom stereocenters. The lowest BCUT2D eigenvalue weighted by atomic mass is 10.2. The molecule has 2 heterocycles. The minimum atomic E-state index is -0.262. The maximum absolute atomic E-state index is 12.2. The highest BCUT2D eigenvalue weighted by Crippen LogP contribution is 2.16. The normalized spacial score (nSPS) is 11.0. The monoisotopic (exact) mass is 400 g/mol. The van der Waals surface area contributed by atoms with Crippen LogP contribution in [0.3, 0.4) is 0 Å². The van der Waals surface area contributed by atoms with Gasteiger partial charge in [0.15, 0.2) is 5.16 Å². The van der Waals surface area contributed by atoms with Crippen molar-refractivity contribution in [2.24, 2.45) is 0 Å². The van der Waals surface area contributed by atoms with Crippen LogP contribution in [0.25, 0.3) is 0 Å². The molecule has 28 heavy (non-hydrogen) atoms. The first-order valence-electron chi connectivity index (χ1n) is 9.11. The van der Waals surface area contributed by atoms with Crippen molar-refractivity contribution in [3.63, 3.8) is 0 Å². The molecule has 1 aromatic carbocycles. The molecular weight excluding hydrogens is 376 g/mol. The van der Waals surface area contributed by atoms with Gasteiger partial charge in [0.1, 0.15) is 0 Å². The van der Waals surface area contributed by atoms with Gasteiger partial charge in [0.25, 0.3) is 0 Å². The molecule has 0 radical (unpaired) electrons. The third-order valence-electron chi connectivity index (χ3n) is 4.54. The SMILES string of the molecule is CCn1c(SCC(=O)NCc2c(C)nn(Cc3ccccc3)c2C)n[nH]c1=O. The Hall–Kier alpha value is -2.81. The van der Waals surface area contributed by atoms with Gasteiger partial charge in [-0.3, -0.25) is 14.0 Å². The number of carbonyl (C=O) groups excluding carboxylic acids is 1. The van der Waals surface area contributed by atoms with Crippen LogP contribution < -0.4 is 11.0 Å². The maximum atomic E-state index is 12.2. The molecule has 0 saturated heterocycles. The second-order valence-corrected chi connectivity index (χ2v) is 7.36. The summed E-state index contributed by atoms with van der Waals surface area (Å²) in [5, 5.41) is 14.4. The third kappa shape index (κ3) is 4.53. The van der Waals surface area contributed by atoms with Gasteiger partial charge in [-0.2, -0.15) is 5.10 Å². The predicted molar refractivity (Wildman–Crippen MR) is 108 cm³/mol. The Morgan fingerprint density at radius 3 is 2.71 bits per heavy atom. The van der Waals surface area contributed by atoms with Crippen molar-refractivity contribution < 1.29 is 4.79 Å². The van der Waals surface area contributed by atoms with Gasteiger partial charge in [-0.15, -0.1) is 5.10 Å². The van der Waals surface area contributed by atoms with Gasteiger partial charge in [0.2, 0.25) is 5.91 Å². The molecule has 2 N–H and O–H groups in total. The van der Waals surface area contributed by atoms with E-state index in [4.69, 9.17) is 0 Å². The third-order valence-corrected chi connectivity index (χ3v) is 5.52. The Morgan fingerprint density at radius 2 is 2.00 bits per heavy atom. The van der Waals surface area contributed by atoms with Crippen LogP contribution in [0.1, 0.15) is 29.4 Å². The number of aryl methyl sites for hydroxylation is 1. The number of H-pyrrole nitrogens is 1. The van der Waals surface area contributed by atoms with Crippen LogP contribution in [0.15, 0.2) is 40.3 Å². The lowest BCUT2D eigenvalue weighted by Gasteiger charge is -2.07. The van der Waals surface area contributed by atoms with Crippen molar-refractivity contribution >= 4 is 17.7 Å². The maximum Gasteiger partial charge on any atom is 0.343 e. The first-order valence-corrected chi connectivity index (χ1v) is 10.1. The van der Waals surface area contributed by atoms with Gasteiger partial charge in [-0.25, -0.2) is 9.89 Å². The number of amides is 1. The van der Waals surface area contributed by atoms with E-state index < -0.39 is 0 Å². The summed E-state index contributed by atoms with van der Waals surface area (Å²) in [6.07, 6.45) is 0. The quantitative estimate of drug-likeness (QED) is 0.563. The molecule has 3 rings (SSSR count). The van der Waals surface area contributed by atoms with Gasteiger partial charge >= 0.3 is 5.69 Å². The Bertz CT molecular complexity index is 1010. The van der Waals surface area contributed by atoms with Gasteiger partial charge < -0.3 is 5.32 Å². The molecule has 0 aliphatic heterocycles. The van der Waals surface area contributed by atoms with E-state index >= 15 is 0 Å². The summed E-state index contributed by atoms with van der Waals surface area (Å²) in [6, 6.07) is 10.2. The molecule has 0 aliphatic rings. The fourth-order valence-corrected chi connectivity index (χ4v) is 3.80. The van der Waals surface area contributed by atoms with Gasteiger partial charge in [-0.05, 0) is 26.3 Å². The second-order valence-electron chi connectivity index (χ2n) is 6.41. The van der Waals surface area contributed by atoms with Crippen LogP contribution in [0, 0.1) is 13.8 Å². The molecule has 0 spiro atoms. The summed E-state index contributed by atoms with van der Waals surface area (Å²) in [7, 11) is 0. The Kier molecular flexibility index (Phi) is 6.35. The van der Waals surface area contributed by atoms with Crippen molar-refractivity contribution in [2.45, 2.75) is 45.6 Å². The number of hydrogen-bond donors (Lipinski definition) is 2. The lowest BCUT2D eigenvalue weighted by Crippen LogP contribution is -2.25. The van der Waals surface area contributed by atoms with Gasteiger partial charge in [0, 0.05) is 24.3 Å². The van der Waals surface area contributed by atoms with E-state index in [9.17, 15) is 9.59 Å². The highest BCUT2D eigenvalue weighted by atomic mass is 32.2. The number of hydrogen-bond acceptors (Lipinski definition) is 5. The molecule has 0 unspecified atom stereocenters. The average molecular weight is 401 g/mol. The molecule has 0 fully saturated rings. The Morgan fingerprint density at radius 1 is 1.25 bits per heavy atom. The van der Waals surface area contributed by atoms with E-state index in [1.54, 1.807) is 0 Å². The molecule has 148 valence electrons. The number of benzene rings is 1. The zero-order valence-corrected chi connectivity index (χ0v) is 17.0. The molecule has 0 aliphatic carbocycles. The van der Waals surface area contributed by atoms with E-state index in [1.807, 2.05) is 43.7 Å². The molecule has 3 aromatic rings. The number of nitrogens with zero attached hydrogens (tertiary/aromatic N) is 4. The standard InChI is InChI=1S/C19H24N6O2S/c1-4-24-18(27)21-22-19(24)28-12-17(26)20-10-16-13(2)23-25(14(16)3)11-15-8-6-5-7-9-15/h5-9H,4,10-12H2,1-3H3,(H,20,26)(H,21,27). The van der Waals surface area contributed by atoms with Crippen LogP contribution in [-0.2, 0) is 24.4 Å². The van der Waals surface area contributed by atoms with Crippen molar-refractivity contribution in [1.82, 2.24) is 29.9 Å². The van der Waals surface area contributed by atoms with E-state index in [-0.39, 0.29) is 17.3 Å². The van der Waals surface area contributed by atoms with E-state index in [1.165, 1.54) is 21.9 Å². The molecule has 1 amide bonds. The van der Waals surface area contributed by atoms with Crippen LogP contribution in [-0.4, -0.2) is 36.2 Å². The predicted octanol–water partition coefficient (Wildman–Crippen LogP) is 1.86. The van der Waals surface area contributed by atoms with Crippen molar-refractivity contribution in [1.29, 1.82) is 0 Å². The molecular formula is C19H24N6O2S. The zero-order valence-electron chi connectivity index (χ0n) is 16.2. The van der Waals surface area contributed by atoms with Gasteiger partial charge in [0.05, 0.1) is 18.0 Å². The highest BCUT2D eigenvalue weighted by Gasteiger charge is 2.14. The molecule has 8 nitrogen and oxygen atoms in total. The second kappa shape index (κ2) is 8.92. The van der Waals surface area contributed by atoms with Gasteiger partial charge in [-0.1, -0.05) is 42.1 Å². The summed E-state index contributed by atoms with van der Waals surface area (Å²) in [5.41, 5.74) is 3.90. The minimum Gasteiger partial charge on any atom is -0.351 e. The molecule has 9 heteroatoms. The molecule has 2 aromatic heterocycles. The van der Waals surface area contributed by atoms with Crippen LogP contribution in [0.2, 0.25) is 0 Å². The number of thioether (sulfide) groups is 1. The van der Waals surface area contributed by atoms with Crippen LogP contribution in [0.4, 0.5) is 0 Å². The fraction of sp³-hybridized carbons (Fsp3) is 0.368. The summed E-state index contributed by atoms with van der Waals surface area (Å²) in [4.78, 5) is 23.8. The van der Waals surface area contributed by atoms with E-state index in [0.29, 0.717) is 24.8 Å². The number of aromatic amines is 1. The fourth-order valence-electron chi connectivity index (χ4n) is 2.96. The molecule has 0 saturated carbocycles. The zero-order chi connectivity index (χ0) is 20.1. The lowest BCUT2D eigenvalue weighted by molar-refractivity contribution is -0.118. The summed E-state index contributed by atoms with van der Waals surface area (Å²) in [6.45, 7) is 7.47. The van der Waals surface area contributed by atoms with E-state index in [0.717, 1.165) is 17.0 Å². The van der Waals surface area contributed by atoms with Crippen molar-refractivity contribution in [3.05, 3.63) is 63.3 Å². The first kappa shape index (κ1) is 19.9. The summed E-state index contributed by atoms with van der Waals surface area (Å²) < 4.78 is 3.46. The number of carbonyl (C=O) groups is 1. The topological polar surface area (TPSA) is 97.6 Å². The molecule has 0 bridgehead atoms. The van der Waals surface area contributed by atoms with Crippen molar-refractivity contribution in [3.8, 4) is 0 Å². The van der Waals surface area contributed by atoms with E-state index in [2.05, 4.69) is 32.7 Å². The number of nitrogens with one attached hydrogen (secondary N) is 2. The summed E-state index contributed by atoms with van der Waals surface area (Å²) in [5.74, 6) is 0.0818. The largest absolute Gasteiger partial charge is 0.351 e. The smallest absolute Gasteiger partial charge is 0.343 e. The summed E-state index contributed by atoms with van der Waals surface area (Å²) >= 11 is 1.24. The minimum absolute atomic E-state index is 0.113. The Labute approximate surface area is 167 Å². The number of rotatable bonds is 8. The average Bonchev–Trinajstić information content (AvgIpc) is 3.18.